The molecule has 0 bridgehead atoms. The fourth-order valence-corrected chi connectivity index (χ4v) is 3.02. The van der Waals surface area contributed by atoms with Gasteiger partial charge in [-0.15, -0.1) is 4.13 Å². The van der Waals surface area contributed by atoms with Crippen LogP contribution in [0.4, 0.5) is 0 Å². The van der Waals surface area contributed by atoms with Gasteiger partial charge in [0.25, 0.3) is 0 Å². The molecule has 10 heteroatoms. The number of nitrogens with one attached hydrogen (secondary N) is 1. The Morgan fingerprint density at radius 3 is 2.38 bits per heavy atom. The molecule has 0 unspecified atom stereocenters. The Bertz CT molecular complexity index is 449. The van der Waals surface area contributed by atoms with E-state index in [0.29, 0.717) is 6.26 Å². The first kappa shape index (κ1) is 15.0. The molecule has 0 fully saturated rings. The summed E-state index contributed by atoms with van der Waals surface area (Å²) in [6.07, 6.45) is 1.52. The highest BCUT2D eigenvalue weighted by molar-refractivity contribution is 8.04. The van der Waals surface area contributed by atoms with Gasteiger partial charge in [0, 0.05) is 6.08 Å². The topological polar surface area (TPSA) is 116 Å². The monoisotopic (exact) mass is 273 g/mol. The quantitative estimate of drug-likeness (QED) is 0.260. The van der Waals surface area contributed by atoms with Crippen molar-refractivity contribution < 1.29 is 31.4 Å². The SMILES string of the molecule is C=CC(=O)OOCCS(=O)(=O)NS(C)(=O)=O. The van der Waals surface area contributed by atoms with Crippen molar-refractivity contribution in [2.45, 2.75) is 0 Å². The second-order valence-corrected chi connectivity index (χ2v) is 6.45. The molecule has 16 heavy (non-hydrogen) atoms. The second kappa shape index (κ2) is 5.94. The molecule has 0 radical (unpaired) electrons. The summed E-state index contributed by atoms with van der Waals surface area (Å²) in [5.74, 6) is -1.54. The van der Waals surface area contributed by atoms with E-state index >= 15 is 0 Å². The second-order valence-electron chi connectivity index (χ2n) is 2.60. The van der Waals surface area contributed by atoms with Crippen LogP contribution in [0.3, 0.4) is 0 Å². The van der Waals surface area contributed by atoms with E-state index < -0.39 is 38.4 Å². The zero-order valence-electron chi connectivity index (χ0n) is 8.37. The molecule has 0 saturated heterocycles. The van der Waals surface area contributed by atoms with Gasteiger partial charge in [0.2, 0.25) is 20.0 Å². The van der Waals surface area contributed by atoms with Crippen LogP contribution in [0, 0.1) is 0 Å². The molecule has 0 amide bonds. The third kappa shape index (κ3) is 8.35. The zero-order valence-corrected chi connectivity index (χ0v) is 10.0. The Hall–Kier alpha value is -0.970. The molecule has 0 rings (SSSR count). The number of carbonyl (C=O) groups excluding carboxylic acids is 1. The van der Waals surface area contributed by atoms with Crippen LogP contribution < -0.4 is 4.13 Å². The summed E-state index contributed by atoms with van der Waals surface area (Å²) in [5, 5.41) is 0. The highest BCUT2D eigenvalue weighted by Crippen LogP contribution is 1.90. The molecular formula is C6H11NO7S2. The average molecular weight is 273 g/mol. The normalized spacial score (nSPS) is 12.1. The lowest BCUT2D eigenvalue weighted by Crippen LogP contribution is -2.33. The van der Waals surface area contributed by atoms with E-state index in [9.17, 15) is 21.6 Å². The van der Waals surface area contributed by atoms with Crippen molar-refractivity contribution in [1.29, 1.82) is 0 Å². The zero-order chi connectivity index (χ0) is 12.8. The Morgan fingerprint density at radius 2 is 1.94 bits per heavy atom. The van der Waals surface area contributed by atoms with Gasteiger partial charge in [-0.3, -0.25) is 4.89 Å². The first-order valence-corrected chi connectivity index (χ1v) is 7.38. The minimum atomic E-state index is -4.02. The lowest BCUT2D eigenvalue weighted by atomic mass is 10.7. The molecule has 94 valence electrons. The van der Waals surface area contributed by atoms with E-state index in [4.69, 9.17) is 0 Å². The summed E-state index contributed by atoms with van der Waals surface area (Å²) >= 11 is 0. The maximum absolute atomic E-state index is 11.0. The van der Waals surface area contributed by atoms with E-state index in [1.807, 2.05) is 0 Å². The maximum Gasteiger partial charge on any atom is 0.365 e. The molecule has 0 aliphatic rings. The van der Waals surface area contributed by atoms with E-state index in [1.54, 1.807) is 0 Å². The molecule has 0 spiro atoms. The van der Waals surface area contributed by atoms with Gasteiger partial charge in [0.15, 0.2) is 0 Å². The van der Waals surface area contributed by atoms with Gasteiger partial charge in [-0.2, -0.15) is 4.89 Å². The highest BCUT2D eigenvalue weighted by atomic mass is 32.3. The maximum atomic E-state index is 11.0. The van der Waals surface area contributed by atoms with Gasteiger partial charge >= 0.3 is 5.97 Å². The summed E-state index contributed by atoms with van der Waals surface area (Å²) in [6, 6.07) is 0. The van der Waals surface area contributed by atoms with Crippen LogP contribution in [0.5, 0.6) is 0 Å². The number of carbonyl (C=O) groups is 1. The van der Waals surface area contributed by atoms with Gasteiger partial charge in [0.1, 0.15) is 6.61 Å². The number of hydrogen-bond acceptors (Lipinski definition) is 7. The van der Waals surface area contributed by atoms with Crippen LogP contribution in [0.15, 0.2) is 12.7 Å². The minimum absolute atomic E-state index is 0.496. The highest BCUT2D eigenvalue weighted by Gasteiger charge is 2.16. The summed E-state index contributed by atoms with van der Waals surface area (Å²) < 4.78 is 44.7. The van der Waals surface area contributed by atoms with E-state index in [-0.39, 0.29) is 0 Å². The van der Waals surface area contributed by atoms with E-state index in [2.05, 4.69) is 16.4 Å². The van der Waals surface area contributed by atoms with E-state index in [1.165, 1.54) is 4.13 Å². The number of hydrogen-bond donors (Lipinski definition) is 1. The number of sulfonamides is 2. The molecule has 1 N–H and O–H groups in total. The Morgan fingerprint density at radius 1 is 1.38 bits per heavy atom. The lowest BCUT2D eigenvalue weighted by molar-refractivity contribution is -0.263. The number of rotatable bonds is 7. The van der Waals surface area contributed by atoms with Gasteiger partial charge in [-0.05, 0) is 0 Å². The van der Waals surface area contributed by atoms with Crippen LogP contribution in [0.25, 0.3) is 0 Å². The van der Waals surface area contributed by atoms with Crippen LogP contribution in [-0.2, 0) is 34.6 Å². The summed E-state index contributed by atoms with van der Waals surface area (Å²) in [5.41, 5.74) is 0. The predicted octanol–water partition coefficient (Wildman–Crippen LogP) is -1.47. The van der Waals surface area contributed by atoms with Crippen LogP contribution >= 0.6 is 0 Å². The molecule has 0 aliphatic carbocycles. The van der Waals surface area contributed by atoms with Crippen molar-refractivity contribution in [2.24, 2.45) is 0 Å². The summed E-state index contributed by atoms with van der Waals surface area (Å²) in [4.78, 5) is 18.7. The Labute approximate surface area is 93.3 Å². The van der Waals surface area contributed by atoms with Crippen LogP contribution in [-0.4, -0.2) is 41.4 Å². The first-order chi connectivity index (χ1) is 7.16. The standard InChI is InChI=1S/C6H11NO7S2/c1-3-6(8)14-13-4-5-16(11,12)7-15(2,9)10/h3,7H,1,4-5H2,2H3. The Kier molecular flexibility index (Phi) is 5.58. The van der Waals surface area contributed by atoms with Crippen LogP contribution in [0.2, 0.25) is 0 Å². The van der Waals surface area contributed by atoms with Crippen LogP contribution in [0.1, 0.15) is 0 Å². The van der Waals surface area contributed by atoms with Gasteiger partial charge in [-0.1, -0.05) is 6.58 Å². The minimum Gasteiger partial charge on any atom is -0.294 e. The molecule has 0 heterocycles. The molecule has 0 aliphatic heterocycles. The molecule has 0 saturated carbocycles. The van der Waals surface area contributed by atoms with Gasteiger partial charge in [-0.25, -0.2) is 21.6 Å². The largest absolute Gasteiger partial charge is 0.365 e. The average Bonchev–Trinajstić information content (AvgIpc) is 2.08. The molecular weight excluding hydrogens is 262 g/mol. The summed E-state index contributed by atoms with van der Waals surface area (Å²) in [6.45, 7) is 2.58. The third-order valence-corrected chi connectivity index (χ3v) is 3.95. The van der Waals surface area contributed by atoms with Gasteiger partial charge < -0.3 is 0 Å². The van der Waals surface area contributed by atoms with Gasteiger partial charge in [0.05, 0.1) is 12.0 Å². The van der Waals surface area contributed by atoms with Crippen molar-refractivity contribution in [2.75, 3.05) is 18.6 Å². The van der Waals surface area contributed by atoms with Crippen molar-refractivity contribution in [3.8, 4) is 0 Å². The molecule has 0 aromatic rings. The fraction of sp³-hybridized carbons (Fsp3) is 0.500. The Balaban J connectivity index is 4.02. The lowest BCUT2D eigenvalue weighted by Gasteiger charge is -2.04. The third-order valence-electron chi connectivity index (χ3n) is 1.02. The van der Waals surface area contributed by atoms with Crippen molar-refractivity contribution >= 4 is 26.0 Å². The van der Waals surface area contributed by atoms with Crippen molar-refractivity contribution in [3.05, 3.63) is 12.7 Å². The van der Waals surface area contributed by atoms with Crippen molar-refractivity contribution in [1.82, 2.24) is 4.13 Å². The fourth-order valence-electron chi connectivity index (χ4n) is 0.550. The molecule has 0 aromatic heterocycles. The first-order valence-electron chi connectivity index (χ1n) is 3.83. The molecule has 0 atom stereocenters. The predicted molar refractivity (Wildman–Crippen MR) is 54.0 cm³/mol. The molecule has 0 aromatic carbocycles. The summed E-state index contributed by atoms with van der Waals surface area (Å²) in [7, 11) is -7.88. The molecule has 8 nitrogen and oxygen atoms in total. The smallest absolute Gasteiger partial charge is 0.294 e. The van der Waals surface area contributed by atoms with Crippen molar-refractivity contribution in [3.63, 3.8) is 0 Å². The van der Waals surface area contributed by atoms with E-state index in [0.717, 1.165) is 6.08 Å².